The average Bonchev–Trinajstić information content (AvgIpc) is 2.72. The van der Waals surface area contributed by atoms with Crippen molar-refractivity contribution in [1.82, 2.24) is 0 Å². The van der Waals surface area contributed by atoms with Gasteiger partial charge >= 0.3 is 12.1 Å². The van der Waals surface area contributed by atoms with Crippen LogP contribution in [-0.4, -0.2) is 49.2 Å². The molecule has 0 aromatic heterocycles. The molecule has 0 bridgehead atoms. The number of carbonyl (C=O) groups is 1. The van der Waals surface area contributed by atoms with Gasteiger partial charge in [0.05, 0.1) is 0 Å². The van der Waals surface area contributed by atoms with Gasteiger partial charge in [0, 0.05) is 34.1 Å². The van der Waals surface area contributed by atoms with E-state index in [0.29, 0.717) is 11.1 Å². The lowest BCUT2D eigenvalue weighted by atomic mass is 9.84. The third-order valence-electron chi connectivity index (χ3n) is 5.62. The molecule has 0 saturated heterocycles. The van der Waals surface area contributed by atoms with Gasteiger partial charge in [-0.2, -0.15) is 13.2 Å². The van der Waals surface area contributed by atoms with E-state index < -0.39 is 68.6 Å². The van der Waals surface area contributed by atoms with E-state index in [1.807, 2.05) is 0 Å². The molecule has 0 fully saturated rings. The molecule has 0 heterocycles. The first kappa shape index (κ1) is 26.8. The molecule has 1 aromatic rings. The molecule has 0 amide bonds. The van der Waals surface area contributed by atoms with Crippen LogP contribution in [0.1, 0.15) is 37.3 Å². The Labute approximate surface area is 188 Å². The van der Waals surface area contributed by atoms with Gasteiger partial charge in [-0.15, -0.1) is 0 Å². The Morgan fingerprint density at radius 1 is 1.27 bits per heavy atom. The van der Waals surface area contributed by atoms with Crippen molar-refractivity contribution >= 4 is 21.3 Å². The molecule has 0 aliphatic heterocycles. The maximum absolute atomic E-state index is 13.8. The molecule has 3 unspecified atom stereocenters. The van der Waals surface area contributed by atoms with Crippen molar-refractivity contribution in [3.05, 3.63) is 53.1 Å². The first-order valence-corrected chi connectivity index (χ1v) is 11.9. The van der Waals surface area contributed by atoms with Crippen LogP contribution in [0.2, 0.25) is 0 Å². The molecule has 1 aliphatic rings. The van der Waals surface area contributed by atoms with E-state index in [4.69, 9.17) is 15.6 Å². The molecule has 184 valence electrons. The van der Waals surface area contributed by atoms with Crippen LogP contribution in [-0.2, 0) is 20.1 Å². The number of hydrogen-bond acceptors (Lipinski definition) is 6. The first-order chi connectivity index (χ1) is 15.1. The van der Waals surface area contributed by atoms with Gasteiger partial charge in [0.2, 0.25) is 0 Å². The van der Waals surface area contributed by atoms with Crippen LogP contribution in [0.5, 0.6) is 0 Å². The highest BCUT2D eigenvalue weighted by molar-refractivity contribution is 7.92. The number of hydrogen-bond donors (Lipinski definition) is 5. The summed E-state index contributed by atoms with van der Waals surface area (Å²) in [5.41, 5.74) is 2.22. The van der Waals surface area contributed by atoms with Crippen LogP contribution in [0, 0.1) is 10.7 Å². The van der Waals surface area contributed by atoms with Crippen LogP contribution >= 0.6 is 0 Å². The number of carboxylic acid groups (broad SMARTS) is 1. The molecular weight excluding hydrogens is 468 g/mol. The zero-order valence-corrected chi connectivity index (χ0v) is 18.5. The SMILES string of the molecule is CC1CC(O)=C(F)C=C1c1ccc(C(O)(CCS(=N)(=O)CC[C@H](N)C(=O)O)C(F)(F)F)cc1. The normalized spacial score (nSPS) is 21.7. The summed E-state index contributed by atoms with van der Waals surface area (Å²) in [6.45, 7) is 1.72. The number of allylic oxidation sites excluding steroid dienone is 4. The van der Waals surface area contributed by atoms with E-state index in [1.54, 1.807) is 6.92 Å². The van der Waals surface area contributed by atoms with Crippen molar-refractivity contribution in [3.63, 3.8) is 0 Å². The molecule has 33 heavy (non-hydrogen) atoms. The molecule has 2 rings (SSSR count). The van der Waals surface area contributed by atoms with Gasteiger partial charge in [-0.25, -0.2) is 8.60 Å². The van der Waals surface area contributed by atoms with E-state index in [-0.39, 0.29) is 18.8 Å². The van der Waals surface area contributed by atoms with Gasteiger partial charge in [-0.05, 0) is 35.1 Å². The standard InChI is InChI=1S/C21H26F4N2O5S/c1-12-10-18(28)16(22)11-15(12)13-2-4-14(5-3-13)20(31,21(23,24)25)7-9-33(27,32)8-6-17(26)19(29)30/h2-5,11-12,17,27-28,31H,6-10,26H2,1H3,(H,29,30)/t12?,17-,20?,33?/m0/s1. The van der Waals surface area contributed by atoms with E-state index in [1.165, 1.54) is 12.1 Å². The fraction of sp³-hybridized carbons (Fsp3) is 0.476. The summed E-state index contributed by atoms with van der Waals surface area (Å²) in [6, 6.07) is 3.22. The molecule has 6 N–H and O–H groups in total. The fourth-order valence-corrected chi connectivity index (χ4v) is 4.93. The van der Waals surface area contributed by atoms with Crippen molar-refractivity contribution in [2.24, 2.45) is 11.7 Å². The Balaban J connectivity index is 2.26. The number of aliphatic hydroxyl groups is 2. The number of aliphatic carboxylic acids is 1. The maximum Gasteiger partial charge on any atom is 0.421 e. The van der Waals surface area contributed by atoms with Crippen LogP contribution in [0.4, 0.5) is 17.6 Å². The Hall–Kier alpha value is -2.44. The molecule has 1 aliphatic carbocycles. The first-order valence-electron chi connectivity index (χ1n) is 9.99. The van der Waals surface area contributed by atoms with Crippen LogP contribution < -0.4 is 5.73 Å². The molecule has 7 nitrogen and oxygen atoms in total. The zero-order valence-electron chi connectivity index (χ0n) is 17.7. The number of alkyl halides is 3. The van der Waals surface area contributed by atoms with E-state index in [9.17, 15) is 36.8 Å². The highest BCUT2D eigenvalue weighted by atomic mass is 32.2. The van der Waals surface area contributed by atoms with Crippen molar-refractivity contribution in [2.75, 3.05) is 11.5 Å². The lowest BCUT2D eigenvalue weighted by Crippen LogP contribution is -2.44. The number of rotatable bonds is 9. The third kappa shape index (κ3) is 6.33. The van der Waals surface area contributed by atoms with Crippen molar-refractivity contribution in [2.45, 2.75) is 44.0 Å². The fourth-order valence-electron chi connectivity index (χ4n) is 3.47. The number of nitrogens with two attached hydrogens (primary N) is 1. The number of halogens is 4. The van der Waals surface area contributed by atoms with Crippen LogP contribution in [0.25, 0.3) is 5.57 Å². The summed E-state index contributed by atoms with van der Waals surface area (Å²) in [5, 5.41) is 28.8. The van der Waals surface area contributed by atoms with Crippen LogP contribution in [0.3, 0.4) is 0 Å². The molecule has 4 atom stereocenters. The molecular formula is C21H26F4N2O5S. The highest BCUT2D eigenvalue weighted by Crippen LogP contribution is 2.43. The minimum absolute atomic E-state index is 0.0370. The maximum atomic E-state index is 13.8. The summed E-state index contributed by atoms with van der Waals surface area (Å²) in [5.74, 6) is -4.25. The second-order valence-electron chi connectivity index (χ2n) is 8.14. The second-order valence-corrected chi connectivity index (χ2v) is 10.6. The van der Waals surface area contributed by atoms with Gasteiger partial charge in [-0.3, -0.25) is 9.57 Å². The summed E-state index contributed by atoms with van der Waals surface area (Å²) in [6.07, 6.45) is -5.45. The summed E-state index contributed by atoms with van der Waals surface area (Å²) in [7, 11) is -3.64. The number of aliphatic hydroxyl groups excluding tert-OH is 1. The summed E-state index contributed by atoms with van der Waals surface area (Å²) < 4.78 is 75.3. The molecule has 1 aromatic carbocycles. The molecule has 0 saturated carbocycles. The Morgan fingerprint density at radius 3 is 2.36 bits per heavy atom. The van der Waals surface area contributed by atoms with Crippen molar-refractivity contribution in [1.29, 1.82) is 4.78 Å². The van der Waals surface area contributed by atoms with Crippen molar-refractivity contribution < 1.29 is 41.9 Å². The Bertz CT molecular complexity index is 1050. The molecule has 12 heteroatoms. The molecule has 0 spiro atoms. The minimum Gasteiger partial charge on any atom is -0.509 e. The summed E-state index contributed by atoms with van der Waals surface area (Å²) >= 11 is 0. The van der Waals surface area contributed by atoms with Gasteiger partial charge in [-0.1, -0.05) is 31.2 Å². The quantitative estimate of drug-likeness (QED) is 0.330. The van der Waals surface area contributed by atoms with E-state index in [0.717, 1.165) is 18.2 Å². The number of carboxylic acids is 1. The topological polar surface area (TPSA) is 145 Å². The lowest BCUT2D eigenvalue weighted by Gasteiger charge is -2.31. The second kappa shape index (κ2) is 9.82. The van der Waals surface area contributed by atoms with E-state index in [2.05, 4.69) is 0 Å². The van der Waals surface area contributed by atoms with Crippen LogP contribution in [0.15, 0.2) is 41.9 Å². The lowest BCUT2D eigenvalue weighted by molar-refractivity contribution is -0.267. The predicted molar refractivity (Wildman–Crippen MR) is 114 cm³/mol. The predicted octanol–water partition coefficient (Wildman–Crippen LogP) is 3.84. The molecule has 0 radical (unpaired) electrons. The van der Waals surface area contributed by atoms with Gasteiger partial charge < -0.3 is 21.1 Å². The van der Waals surface area contributed by atoms with Gasteiger partial charge in [0.25, 0.3) is 0 Å². The third-order valence-corrected chi connectivity index (χ3v) is 7.38. The Kier molecular flexibility index (Phi) is 7.98. The highest BCUT2D eigenvalue weighted by Gasteiger charge is 2.54. The van der Waals surface area contributed by atoms with E-state index >= 15 is 0 Å². The average molecular weight is 495 g/mol. The number of nitrogens with one attached hydrogen (secondary N) is 1. The summed E-state index contributed by atoms with van der Waals surface area (Å²) in [4.78, 5) is 10.7. The van der Waals surface area contributed by atoms with Gasteiger partial charge in [0.1, 0.15) is 11.8 Å². The Morgan fingerprint density at radius 2 is 1.85 bits per heavy atom. The van der Waals surface area contributed by atoms with Crippen molar-refractivity contribution in [3.8, 4) is 0 Å². The minimum atomic E-state index is -5.15. The van der Waals surface area contributed by atoms with Gasteiger partial charge in [0.15, 0.2) is 11.4 Å². The smallest absolute Gasteiger partial charge is 0.421 e. The number of benzene rings is 1. The largest absolute Gasteiger partial charge is 0.509 e. The monoisotopic (exact) mass is 494 g/mol. The zero-order chi connectivity index (χ0) is 25.2.